The van der Waals surface area contributed by atoms with Gasteiger partial charge in [0.2, 0.25) is 0 Å². The Kier molecular flexibility index (Phi) is 4.09. The first-order chi connectivity index (χ1) is 10.5. The van der Waals surface area contributed by atoms with Crippen LogP contribution in [0.5, 0.6) is 0 Å². The van der Waals surface area contributed by atoms with Gasteiger partial charge in [0.05, 0.1) is 11.9 Å². The molecule has 3 aromatic rings. The van der Waals surface area contributed by atoms with Crippen molar-refractivity contribution in [3.05, 3.63) is 62.0 Å². The predicted molar refractivity (Wildman–Crippen MR) is 91.4 cm³/mol. The molecule has 5 heteroatoms. The summed E-state index contributed by atoms with van der Waals surface area (Å²) in [5.41, 5.74) is 3.47. The third-order valence-corrected chi connectivity index (χ3v) is 4.93. The number of hydrogen-bond donors (Lipinski definition) is 2. The van der Waals surface area contributed by atoms with Crippen LogP contribution in [-0.2, 0) is 13.1 Å². The van der Waals surface area contributed by atoms with Gasteiger partial charge in [0.15, 0.2) is 0 Å². The third kappa shape index (κ3) is 2.96. The van der Waals surface area contributed by atoms with Crippen molar-refractivity contribution < 1.29 is 0 Å². The van der Waals surface area contributed by atoms with Crippen LogP contribution in [0, 0.1) is 20.8 Å². The van der Waals surface area contributed by atoms with Crippen LogP contribution in [0.3, 0.4) is 0 Å². The van der Waals surface area contributed by atoms with Crippen molar-refractivity contribution >= 4 is 21.6 Å². The van der Waals surface area contributed by atoms with Gasteiger partial charge in [-0.05, 0) is 31.9 Å². The summed E-state index contributed by atoms with van der Waals surface area (Å²) < 4.78 is 0. The highest BCUT2D eigenvalue weighted by Crippen LogP contribution is 2.25. The molecule has 1 aromatic carbocycles. The molecule has 2 heterocycles. The second kappa shape index (κ2) is 6.02. The van der Waals surface area contributed by atoms with E-state index < -0.39 is 0 Å². The van der Waals surface area contributed by atoms with Gasteiger partial charge in [-0.25, -0.2) is 4.98 Å². The fourth-order valence-electron chi connectivity index (χ4n) is 2.41. The predicted octanol–water partition coefficient (Wildman–Crippen LogP) is 3.20. The largest absolute Gasteiger partial charge is 0.309 e. The Morgan fingerprint density at radius 1 is 1.14 bits per heavy atom. The minimum atomic E-state index is -0.0426. The summed E-state index contributed by atoms with van der Waals surface area (Å²) in [4.78, 5) is 21.6. The Hall–Kier alpha value is -1.98. The van der Waals surface area contributed by atoms with E-state index in [4.69, 9.17) is 0 Å². The summed E-state index contributed by atoms with van der Waals surface area (Å²) in [5, 5.41) is 4.05. The summed E-state index contributed by atoms with van der Waals surface area (Å²) in [6, 6.07) is 8.40. The lowest BCUT2D eigenvalue weighted by molar-refractivity contribution is 0.663. The first kappa shape index (κ1) is 14.9. The van der Waals surface area contributed by atoms with Gasteiger partial charge in [0.1, 0.15) is 10.7 Å². The van der Waals surface area contributed by atoms with Gasteiger partial charge in [0, 0.05) is 11.4 Å². The van der Waals surface area contributed by atoms with Crippen molar-refractivity contribution in [2.24, 2.45) is 0 Å². The molecule has 0 aliphatic rings. The van der Waals surface area contributed by atoms with Gasteiger partial charge in [-0.1, -0.05) is 29.8 Å². The number of fused-ring (bicyclic) bond motifs is 1. The van der Waals surface area contributed by atoms with Gasteiger partial charge < -0.3 is 10.3 Å². The molecule has 0 saturated heterocycles. The second-order valence-electron chi connectivity index (χ2n) is 5.57. The zero-order valence-electron chi connectivity index (χ0n) is 13.0. The molecule has 3 rings (SSSR count). The highest BCUT2D eigenvalue weighted by Gasteiger charge is 2.11. The Balaban J connectivity index is 1.74. The van der Waals surface area contributed by atoms with Crippen molar-refractivity contribution in [1.82, 2.24) is 15.3 Å². The molecular formula is C17H19N3OS. The number of benzene rings is 1. The topological polar surface area (TPSA) is 57.8 Å². The molecule has 114 valence electrons. The van der Waals surface area contributed by atoms with E-state index in [1.54, 1.807) is 11.3 Å². The summed E-state index contributed by atoms with van der Waals surface area (Å²) in [7, 11) is 0. The van der Waals surface area contributed by atoms with E-state index in [2.05, 4.69) is 46.5 Å². The quantitative estimate of drug-likeness (QED) is 0.777. The van der Waals surface area contributed by atoms with Gasteiger partial charge in [0.25, 0.3) is 5.56 Å². The number of nitrogens with zero attached hydrogens (tertiary/aromatic N) is 1. The summed E-state index contributed by atoms with van der Waals surface area (Å²) >= 11 is 1.58. The van der Waals surface area contributed by atoms with Crippen LogP contribution in [0.25, 0.3) is 10.2 Å². The van der Waals surface area contributed by atoms with Crippen molar-refractivity contribution in [3.8, 4) is 0 Å². The summed E-state index contributed by atoms with van der Waals surface area (Å²) in [6.07, 6.45) is 0. The molecule has 0 amide bonds. The fraction of sp³-hybridized carbons (Fsp3) is 0.294. The fourth-order valence-corrected chi connectivity index (χ4v) is 3.46. The Morgan fingerprint density at radius 3 is 2.59 bits per heavy atom. The van der Waals surface area contributed by atoms with E-state index in [-0.39, 0.29) is 5.56 Å². The van der Waals surface area contributed by atoms with E-state index >= 15 is 0 Å². The van der Waals surface area contributed by atoms with Crippen LogP contribution in [0.1, 0.15) is 27.4 Å². The third-order valence-electron chi connectivity index (χ3n) is 3.83. The van der Waals surface area contributed by atoms with Gasteiger partial charge in [-0.3, -0.25) is 4.79 Å². The van der Waals surface area contributed by atoms with Crippen LogP contribution in [0.15, 0.2) is 29.1 Å². The van der Waals surface area contributed by atoms with E-state index in [1.807, 2.05) is 13.8 Å². The molecule has 22 heavy (non-hydrogen) atoms. The molecule has 0 spiro atoms. The Bertz CT molecular complexity index is 862. The van der Waals surface area contributed by atoms with E-state index in [1.165, 1.54) is 11.1 Å². The smallest absolute Gasteiger partial charge is 0.259 e. The number of H-pyrrole nitrogens is 1. The monoisotopic (exact) mass is 313 g/mol. The molecule has 0 aliphatic carbocycles. The number of thiophene rings is 1. The average Bonchev–Trinajstić information content (AvgIpc) is 2.76. The maximum Gasteiger partial charge on any atom is 0.259 e. The molecule has 0 radical (unpaired) electrons. The SMILES string of the molecule is Cc1ccc(CNCc2nc3sc(C)c(C)c3c(=O)[nH]2)cc1. The maximum atomic E-state index is 12.2. The molecule has 0 atom stereocenters. The lowest BCUT2D eigenvalue weighted by Crippen LogP contribution is -2.19. The van der Waals surface area contributed by atoms with E-state index in [9.17, 15) is 4.79 Å². The van der Waals surface area contributed by atoms with Crippen LogP contribution in [0.4, 0.5) is 0 Å². The first-order valence-corrected chi connectivity index (χ1v) is 8.11. The van der Waals surface area contributed by atoms with Crippen molar-refractivity contribution in [2.45, 2.75) is 33.9 Å². The number of nitrogens with one attached hydrogen (secondary N) is 2. The van der Waals surface area contributed by atoms with Crippen molar-refractivity contribution in [3.63, 3.8) is 0 Å². The number of rotatable bonds is 4. The zero-order valence-corrected chi connectivity index (χ0v) is 13.8. The number of aromatic nitrogens is 2. The lowest BCUT2D eigenvalue weighted by Gasteiger charge is -2.05. The number of aromatic amines is 1. The van der Waals surface area contributed by atoms with E-state index in [0.29, 0.717) is 12.4 Å². The van der Waals surface area contributed by atoms with Crippen LogP contribution in [-0.4, -0.2) is 9.97 Å². The van der Waals surface area contributed by atoms with Gasteiger partial charge >= 0.3 is 0 Å². The van der Waals surface area contributed by atoms with Gasteiger partial charge in [-0.15, -0.1) is 11.3 Å². The number of hydrogen-bond acceptors (Lipinski definition) is 4. The van der Waals surface area contributed by atoms with Crippen molar-refractivity contribution in [2.75, 3.05) is 0 Å². The molecule has 0 fully saturated rings. The molecule has 4 nitrogen and oxygen atoms in total. The molecule has 0 unspecified atom stereocenters. The number of aryl methyl sites for hydroxylation is 3. The lowest BCUT2D eigenvalue weighted by atomic mass is 10.1. The molecule has 2 N–H and O–H groups in total. The van der Waals surface area contributed by atoms with Crippen LogP contribution < -0.4 is 10.9 Å². The maximum absolute atomic E-state index is 12.2. The molecular weight excluding hydrogens is 294 g/mol. The highest BCUT2D eigenvalue weighted by atomic mass is 32.1. The summed E-state index contributed by atoms with van der Waals surface area (Å²) in [6.45, 7) is 7.38. The zero-order chi connectivity index (χ0) is 15.7. The first-order valence-electron chi connectivity index (χ1n) is 7.30. The highest BCUT2D eigenvalue weighted by molar-refractivity contribution is 7.18. The Morgan fingerprint density at radius 2 is 1.86 bits per heavy atom. The standard InChI is InChI=1S/C17H19N3OS/c1-10-4-6-13(7-5-10)8-18-9-14-19-16(21)15-11(2)12(3)22-17(15)20-14/h4-7,18H,8-9H2,1-3H3,(H,19,20,21). The molecule has 0 saturated carbocycles. The Labute approximate surface area is 133 Å². The van der Waals surface area contributed by atoms with Crippen LogP contribution in [0.2, 0.25) is 0 Å². The minimum absolute atomic E-state index is 0.0426. The second-order valence-corrected chi connectivity index (χ2v) is 6.77. The van der Waals surface area contributed by atoms with Crippen LogP contribution >= 0.6 is 11.3 Å². The summed E-state index contributed by atoms with van der Waals surface area (Å²) in [5.74, 6) is 0.686. The average molecular weight is 313 g/mol. The molecule has 2 aromatic heterocycles. The minimum Gasteiger partial charge on any atom is -0.309 e. The molecule has 0 aliphatic heterocycles. The van der Waals surface area contributed by atoms with Gasteiger partial charge in [-0.2, -0.15) is 0 Å². The molecule has 0 bridgehead atoms. The van der Waals surface area contributed by atoms with Crippen molar-refractivity contribution in [1.29, 1.82) is 0 Å². The van der Waals surface area contributed by atoms with E-state index in [0.717, 1.165) is 27.2 Å². The normalized spacial score (nSPS) is 11.2.